The van der Waals surface area contributed by atoms with Crippen molar-refractivity contribution < 1.29 is 4.39 Å². The van der Waals surface area contributed by atoms with Gasteiger partial charge in [-0.15, -0.1) is 21.8 Å². The predicted octanol–water partition coefficient (Wildman–Crippen LogP) is 1.54. The summed E-state index contributed by atoms with van der Waals surface area (Å²) in [5.74, 6) is 0.368. The van der Waals surface area contributed by atoms with E-state index in [0.29, 0.717) is 11.5 Å². The van der Waals surface area contributed by atoms with E-state index in [1.165, 1.54) is 18.6 Å². The summed E-state index contributed by atoms with van der Waals surface area (Å²) in [5, 5.41) is 7.45. The van der Waals surface area contributed by atoms with Gasteiger partial charge in [0.2, 0.25) is 0 Å². The second-order valence-corrected chi connectivity index (χ2v) is 2.88. The molecular weight excluding hydrogens is 207 g/mol. The lowest BCUT2D eigenvalue weighted by molar-refractivity contribution is 0.619. The second kappa shape index (κ2) is 3.71. The Morgan fingerprint density at radius 2 is 2.29 bits per heavy atom. The third kappa shape index (κ3) is 1.58. The SMILES string of the molecule is Fc1cncc(-n2cnnc2CCl)c1. The summed E-state index contributed by atoms with van der Waals surface area (Å²) >= 11 is 5.63. The Balaban J connectivity index is 2.49. The molecule has 0 radical (unpaired) electrons. The van der Waals surface area contributed by atoms with E-state index in [4.69, 9.17) is 11.6 Å². The van der Waals surface area contributed by atoms with Crippen molar-refractivity contribution in [3.63, 3.8) is 0 Å². The highest BCUT2D eigenvalue weighted by molar-refractivity contribution is 6.16. The minimum absolute atomic E-state index is 0.219. The molecule has 0 unspecified atom stereocenters. The third-order valence-corrected chi connectivity index (χ3v) is 1.95. The maximum atomic E-state index is 12.8. The number of hydrogen-bond acceptors (Lipinski definition) is 3. The van der Waals surface area contributed by atoms with Crippen LogP contribution in [-0.4, -0.2) is 19.7 Å². The summed E-state index contributed by atoms with van der Waals surface area (Å²) in [6, 6.07) is 1.34. The molecule has 0 aliphatic rings. The molecule has 0 aliphatic carbocycles. The van der Waals surface area contributed by atoms with E-state index >= 15 is 0 Å². The molecule has 2 heterocycles. The van der Waals surface area contributed by atoms with E-state index in [0.717, 1.165) is 6.20 Å². The number of aromatic nitrogens is 4. The van der Waals surface area contributed by atoms with Crippen molar-refractivity contribution in [3.8, 4) is 5.69 Å². The molecule has 2 aromatic heterocycles. The van der Waals surface area contributed by atoms with E-state index in [1.54, 1.807) is 4.57 Å². The fourth-order valence-corrected chi connectivity index (χ4v) is 1.28. The molecule has 14 heavy (non-hydrogen) atoms. The second-order valence-electron chi connectivity index (χ2n) is 2.61. The molecule has 2 aromatic rings. The van der Waals surface area contributed by atoms with Gasteiger partial charge in [-0.3, -0.25) is 9.55 Å². The summed E-state index contributed by atoms with van der Waals surface area (Å²) in [6.45, 7) is 0. The number of pyridine rings is 1. The number of halogens is 2. The molecule has 0 amide bonds. The standard InChI is InChI=1S/C8H6ClFN4/c9-2-8-13-12-5-14(8)7-1-6(10)3-11-4-7/h1,3-5H,2H2. The van der Waals surface area contributed by atoms with Crippen LogP contribution in [0, 0.1) is 5.82 Å². The van der Waals surface area contributed by atoms with Gasteiger partial charge in [-0.05, 0) is 0 Å². The van der Waals surface area contributed by atoms with Gasteiger partial charge in [0.1, 0.15) is 12.1 Å². The minimum atomic E-state index is -0.406. The maximum absolute atomic E-state index is 12.8. The van der Waals surface area contributed by atoms with E-state index in [1.807, 2.05) is 0 Å². The Morgan fingerprint density at radius 1 is 1.43 bits per heavy atom. The lowest BCUT2D eigenvalue weighted by Gasteiger charge is -2.02. The highest BCUT2D eigenvalue weighted by atomic mass is 35.5. The van der Waals surface area contributed by atoms with Crippen LogP contribution >= 0.6 is 11.6 Å². The maximum Gasteiger partial charge on any atom is 0.152 e. The zero-order valence-corrected chi connectivity index (χ0v) is 7.82. The van der Waals surface area contributed by atoms with E-state index in [2.05, 4.69) is 15.2 Å². The third-order valence-electron chi connectivity index (χ3n) is 1.71. The molecule has 0 saturated carbocycles. The normalized spacial score (nSPS) is 10.4. The minimum Gasteiger partial charge on any atom is -0.283 e. The fraction of sp³-hybridized carbons (Fsp3) is 0.125. The topological polar surface area (TPSA) is 43.6 Å². The highest BCUT2D eigenvalue weighted by Gasteiger charge is 2.05. The van der Waals surface area contributed by atoms with E-state index < -0.39 is 5.82 Å². The molecule has 4 nitrogen and oxygen atoms in total. The van der Waals surface area contributed by atoms with Crippen LogP contribution < -0.4 is 0 Å². The van der Waals surface area contributed by atoms with Crippen LogP contribution in [-0.2, 0) is 5.88 Å². The van der Waals surface area contributed by atoms with Crippen LogP contribution in [0.25, 0.3) is 5.69 Å². The Kier molecular flexibility index (Phi) is 2.41. The molecule has 0 atom stereocenters. The first-order chi connectivity index (χ1) is 6.81. The molecule has 0 aromatic carbocycles. The van der Waals surface area contributed by atoms with Crippen molar-refractivity contribution >= 4 is 11.6 Å². The molecule has 6 heteroatoms. The Bertz CT molecular complexity index is 442. The first kappa shape index (κ1) is 9.08. The van der Waals surface area contributed by atoms with Crippen LogP contribution in [0.3, 0.4) is 0 Å². The van der Waals surface area contributed by atoms with Gasteiger partial charge >= 0.3 is 0 Å². The quantitative estimate of drug-likeness (QED) is 0.710. The van der Waals surface area contributed by atoms with Crippen molar-refractivity contribution in [1.82, 2.24) is 19.7 Å². The largest absolute Gasteiger partial charge is 0.283 e. The summed E-state index contributed by atoms with van der Waals surface area (Å²) in [7, 11) is 0. The molecule has 0 aliphatic heterocycles. The number of rotatable bonds is 2. The van der Waals surface area contributed by atoms with Crippen molar-refractivity contribution in [1.29, 1.82) is 0 Å². The van der Waals surface area contributed by atoms with E-state index in [-0.39, 0.29) is 5.88 Å². The van der Waals surface area contributed by atoms with Crippen LogP contribution in [0.1, 0.15) is 5.82 Å². The zero-order valence-electron chi connectivity index (χ0n) is 7.06. The Hall–Kier alpha value is -1.49. The molecule has 0 spiro atoms. The van der Waals surface area contributed by atoms with Gasteiger partial charge < -0.3 is 0 Å². The summed E-state index contributed by atoms with van der Waals surface area (Å²) in [4.78, 5) is 3.72. The Morgan fingerprint density at radius 3 is 3.00 bits per heavy atom. The lowest BCUT2D eigenvalue weighted by atomic mass is 10.4. The zero-order chi connectivity index (χ0) is 9.97. The van der Waals surface area contributed by atoms with Gasteiger partial charge in [-0.25, -0.2) is 4.39 Å². The van der Waals surface area contributed by atoms with Crippen LogP contribution in [0.4, 0.5) is 4.39 Å². The number of alkyl halides is 1. The van der Waals surface area contributed by atoms with Gasteiger partial charge in [0.15, 0.2) is 5.82 Å². The van der Waals surface area contributed by atoms with Crippen molar-refractivity contribution in [2.75, 3.05) is 0 Å². The molecular formula is C8H6ClFN4. The van der Waals surface area contributed by atoms with Crippen molar-refractivity contribution in [2.45, 2.75) is 5.88 Å². The average molecular weight is 213 g/mol. The number of hydrogen-bond donors (Lipinski definition) is 0. The summed E-state index contributed by atoms with van der Waals surface area (Å²) in [6.07, 6.45) is 4.12. The van der Waals surface area contributed by atoms with E-state index in [9.17, 15) is 4.39 Å². The van der Waals surface area contributed by atoms with Crippen molar-refractivity contribution in [3.05, 3.63) is 36.4 Å². The van der Waals surface area contributed by atoms with Gasteiger partial charge in [0, 0.05) is 6.07 Å². The number of nitrogens with zero attached hydrogens (tertiary/aromatic N) is 4. The first-order valence-electron chi connectivity index (χ1n) is 3.87. The average Bonchev–Trinajstić information content (AvgIpc) is 2.65. The lowest BCUT2D eigenvalue weighted by Crippen LogP contribution is -1.99. The monoisotopic (exact) mass is 212 g/mol. The van der Waals surface area contributed by atoms with Gasteiger partial charge in [-0.2, -0.15) is 0 Å². The van der Waals surface area contributed by atoms with Gasteiger partial charge in [0.05, 0.1) is 24.0 Å². The molecule has 0 saturated heterocycles. The summed E-state index contributed by atoms with van der Waals surface area (Å²) in [5.41, 5.74) is 0.561. The van der Waals surface area contributed by atoms with Crippen molar-refractivity contribution in [2.24, 2.45) is 0 Å². The molecule has 72 valence electrons. The predicted molar refractivity (Wildman–Crippen MR) is 48.7 cm³/mol. The van der Waals surface area contributed by atoms with Gasteiger partial charge in [-0.1, -0.05) is 0 Å². The van der Waals surface area contributed by atoms with Gasteiger partial charge in [0.25, 0.3) is 0 Å². The highest BCUT2D eigenvalue weighted by Crippen LogP contribution is 2.10. The molecule has 0 N–H and O–H groups in total. The smallest absolute Gasteiger partial charge is 0.152 e. The fourth-order valence-electron chi connectivity index (χ4n) is 1.10. The molecule has 0 bridgehead atoms. The Labute approximate surface area is 84.4 Å². The van der Waals surface area contributed by atoms with Crippen LogP contribution in [0.15, 0.2) is 24.8 Å². The molecule has 0 fully saturated rings. The first-order valence-corrected chi connectivity index (χ1v) is 4.40. The van der Waals surface area contributed by atoms with Crippen LogP contribution in [0.5, 0.6) is 0 Å². The van der Waals surface area contributed by atoms with Crippen LogP contribution in [0.2, 0.25) is 0 Å². The molecule has 2 rings (SSSR count). The summed E-state index contributed by atoms with van der Waals surface area (Å²) < 4.78 is 14.4.